The molecule has 1 saturated heterocycles. The standard InChI is InChI=1S/C19H37N3O2/c1-4-17(15-23)21-13-11-20(12-14-21)16(3)19(24)22(5-2)18-9-7-6-8-10-18/h16-18,23H,4-15H2,1-3H3. The van der Waals surface area contributed by atoms with Crippen molar-refractivity contribution >= 4 is 5.91 Å². The summed E-state index contributed by atoms with van der Waals surface area (Å²) in [7, 11) is 0. The summed E-state index contributed by atoms with van der Waals surface area (Å²) in [5.74, 6) is 0.312. The van der Waals surface area contributed by atoms with Crippen LogP contribution < -0.4 is 0 Å². The molecule has 0 aromatic rings. The lowest BCUT2D eigenvalue weighted by molar-refractivity contribution is -0.140. The highest BCUT2D eigenvalue weighted by Gasteiger charge is 2.32. The molecule has 1 aliphatic heterocycles. The number of hydrogen-bond donors (Lipinski definition) is 1. The number of aliphatic hydroxyl groups excluding tert-OH is 1. The zero-order valence-electron chi connectivity index (χ0n) is 15.9. The van der Waals surface area contributed by atoms with Crippen molar-refractivity contribution in [1.29, 1.82) is 0 Å². The molecule has 1 amide bonds. The molecule has 1 heterocycles. The maximum atomic E-state index is 13.0. The van der Waals surface area contributed by atoms with Crippen molar-refractivity contribution in [3.63, 3.8) is 0 Å². The third kappa shape index (κ3) is 4.70. The van der Waals surface area contributed by atoms with Gasteiger partial charge in [0.2, 0.25) is 5.91 Å². The third-order valence-corrected chi connectivity index (χ3v) is 6.09. The number of carbonyl (C=O) groups excluding carboxylic acids is 1. The van der Waals surface area contributed by atoms with Gasteiger partial charge in [-0.3, -0.25) is 14.6 Å². The van der Waals surface area contributed by atoms with Gasteiger partial charge < -0.3 is 10.0 Å². The van der Waals surface area contributed by atoms with Crippen molar-refractivity contribution in [3.05, 3.63) is 0 Å². The first-order valence-corrected chi connectivity index (χ1v) is 10.0. The van der Waals surface area contributed by atoms with E-state index in [1.165, 1.54) is 32.1 Å². The Labute approximate surface area is 148 Å². The number of likely N-dealkylation sites (N-methyl/N-ethyl adjacent to an activating group) is 1. The van der Waals surface area contributed by atoms with Crippen molar-refractivity contribution in [2.75, 3.05) is 39.3 Å². The number of aliphatic hydroxyl groups is 1. The highest BCUT2D eigenvalue weighted by Crippen LogP contribution is 2.24. The average molecular weight is 340 g/mol. The van der Waals surface area contributed by atoms with E-state index in [2.05, 4.69) is 35.5 Å². The van der Waals surface area contributed by atoms with Crippen molar-refractivity contribution in [3.8, 4) is 0 Å². The van der Waals surface area contributed by atoms with Crippen LogP contribution in [0.25, 0.3) is 0 Å². The van der Waals surface area contributed by atoms with E-state index >= 15 is 0 Å². The number of amides is 1. The predicted octanol–water partition coefficient (Wildman–Crippen LogP) is 1.94. The molecule has 1 saturated carbocycles. The molecular formula is C19H37N3O2. The molecule has 2 fully saturated rings. The van der Waals surface area contributed by atoms with Crippen LogP contribution in [0.2, 0.25) is 0 Å². The Balaban J connectivity index is 1.88. The van der Waals surface area contributed by atoms with Crippen LogP contribution in [-0.4, -0.2) is 83.2 Å². The van der Waals surface area contributed by atoms with Gasteiger partial charge in [0.15, 0.2) is 0 Å². The fraction of sp³-hybridized carbons (Fsp3) is 0.947. The van der Waals surface area contributed by atoms with Crippen LogP contribution in [0.15, 0.2) is 0 Å². The molecule has 0 aromatic heterocycles. The highest BCUT2D eigenvalue weighted by molar-refractivity contribution is 5.81. The maximum absolute atomic E-state index is 13.0. The van der Waals surface area contributed by atoms with Gasteiger partial charge in [-0.2, -0.15) is 0 Å². The minimum Gasteiger partial charge on any atom is -0.395 e. The predicted molar refractivity (Wildman–Crippen MR) is 98.0 cm³/mol. The molecule has 5 nitrogen and oxygen atoms in total. The van der Waals surface area contributed by atoms with E-state index in [9.17, 15) is 9.90 Å². The maximum Gasteiger partial charge on any atom is 0.239 e. The summed E-state index contributed by atoms with van der Waals surface area (Å²) in [5, 5.41) is 9.47. The van der Waals surface area contributed by atoms with E-state index in [4.69, 9.17) is 0 Å². The average Bonchev–Trinajstić information content (AvgIpc) is 2.64. The molecule has 24 heavy (non-hydrogen) atoms. The highest BCUT2D eigenvalue weighted by atomic mass is 16.3. The molecule has 2 atom stereocenters. The Bertz CT molecular complexity index is 373. The minimum absolute atomic E-state index is 0.0248. The smallest absolute Gasteiger partial charge is 0.239 e. The molecule has 0 aromatic carbocycles. The summed E-state index contributed by atoms with van der Waals surface area (Å²) < 4.78 is 0. The quantitative estimate of drug-likeness (QED) is 0.770. The molecule has 0 spiro atoms. The first-order valence-electron chi connectivity index (χ1n) is 10.0. The fourth-order valence-electron chi connectivity index (χ4n) is 4.38. The molecule has 1 aliphatic carbocycles. The van der Waals surface area contributed by atoms with Gasteiger partial charge in [0.25, 0.3) is 0 Å². The largest absolute Gasteiger partial charge is 0.395 e. The van der Waals surface area contributed by atoms with Crippen molar-refractivity contribution in [2.24, 2.45) is 0 Å². The molecule has 0 radical (unpaired) electrons. The summed E-state index contributed by atoms with van der Waals surface area (Å²) in [6.07, 6.45) is 7.19. The summed E-state index contributed by atoms with van der Waals surface area (Å²) in [5.41, 5.74) is 0. The first-order chi connectivity index (χ1) is 11.6. The van der Waals surface area contributed by atoms with Crippen LogP contribution in [0.5, 0.6) is 0 Å². The summed E-state index contributed by atoms with van der Waals surface area (Å²) in [4.78, 5) is 19.9. The lowest BCUT2D eigenvalue weighted by Gasteiger charge is -2.42. The van der Waals surface area contributed by atoms with Crippen LogP contribution in [0, 0.1) is 0 Å². The Morgan fingerprint density at radius 3 is 2.17 bits per heavy atom. The Morgan fingerprint density at radius 1 is 1.08 bits per heavy atom. The molecule has 1 N–H and O–H groups in total. The van der Waals surface area contributed by atoms with Crippen LogP contribution >= 0.6 is 0 Å². The molecule has 2 rings (SSSR count). The Kier molecular flexibility index (Phi) is 7.98. The summed E-state index contributed by atoms with van der Waals surface area (Å²) in [6.45, 7) is 11.1. The van der Waals surface area contributed by atoms with Crippen molar-refractivity contribution < 1.29 is 9.90 Å². The molecule has 5 heteroatoms. The van der Waals surface area contributed by atoms with Gasteiger partial charge in [0.05, 0.1) is 12.6 Å². The lowest BCUT2D eigenvalue weighted by Crippen LogP contribution is -2.57. The Morgan fingerprint density at radius 2 is 1.67 bits per heavy atom. The second-order valence-corrected chi connectivity index (χ2v) is 7.41. The zero-order valence-corrected chi connectivity index (χ0v) is 15.9. The van der Waals surface area contributed by atoms with Crippen LogP contribution in [0.3, 0.4) is 0 Å². The molecule has 2 unspecified atom stereocenters. The second-order valence-electron chi connectivity index (χ2n) is 7.41. The molecular weight excluding hydrogens is 302 g/mol. The zero-order chi connectivity index (χ0) is 17.5. The first kappa shape index (κ1) is 19.7. The van der Waals surface area contributed by atoms with Crippen molar-refractivity contribution in [2.45, 2.75) is 77.4 Å². The number of nitrogens with zero attached hydrogens (tertiary/aromatic N) is 3. The van der Waals surface area contributed by atoms with E-state index in [1.807, 2.05) is 0 Å². The lowest BCUT2D eigenvalue weighted by atomic mass is 9.93. The molecule has 140 valence electrons. The van der Waals surface area contributed by atoms with Gasteiger partial charge >= 0.3 is 0 Å². The number of piperazine rings is 1. The van der Waals surface area contributed by atoms with E-state index in [-0.39, 0.29) is 18.7 Å². The van der Waals surface area contributed by atoms with Crippen LogP contribution in [0.4, 0.5) is 0 Å². The van der Waals surface area contributed by atoms with Gasteiger partial charge in [-0.1, -0.05) is 26.2 Å². The van der Waals surface area contributed by atoms with Crippen molar-refractivity contribution in [1.82, 2.24) is 14.7 Å². The number of carbonyl (C=O) groups is 1. The van der Waals surface area contributed by atoms with E-state index in [0.29, 0.717) is 11.9 Å². The SMILES string of the molecule is CCC(CO)N1CCN(C(C)C(=O)N(CC)C2CCCCC2)CC1. The number of hydrogen-bond acceptors (Lipinski definition) is 4. The van der Waals surface area contributed by atoms with Gasteiger partial charge in [-0.05, 0) is 33.1 Å². The van der Waals surface area contributed by atoms with E-state index in [0.717, 1.165) is 39.1 Å². The van der Waals surface area contributed by atoms with Crippen LogP contribution in [0.1, 0.15) is 59.3 Å². The van der Waals surface area contributed by atoms with Gasteiger partial charge in [0, 0.05) is 44.8 Å². The Hall–Kier alpha value is -0.650. The molecule has 0 bridgehead atoms. The normalized spacial score (nSPS) is 23.8. The third-order valence-electron chi connectivity index (χ3n) is 6.09. The second kappa shape index (κ2) is 9.73. The summed E-state index contributed by atoms with van der Waals surface area (Å²) in [6, 6.07) is 0.703. The van der Waals surface area contributed by atoms with Crippen LogP contribution in [-0.2, 0) is 4.79 Å². The monoisotopic (exact) mass is 339 g/mol. The molecule has 2 aliphatic rings. The number of rotatable bonds is 7. The van der Waals surface area contributed by atoms with E-state index in [1.54, 1.807) is 0 Å². The summed E-state index contributed by atoms with van der Waals surface area (Å²) >= 11 is 0. The van der Waals surface area contributed by atoms with Gasteiger partial charge in [-0.15, -0.1) is 0 Å². The topological polar surface area (TPSA) is 47.0 Å². The van der Waals surface area contributed by atoms with Gasteiger partial charge in [-0.25, -0.2) is 0 Å². The van der Waals surface area contributed by atoms with Gasteiger partial charge in [0.1, 0.15) is 0 Å². The fourth-order valence-corrected chi connectivity index (χ4v) is 4.38. The van der Waals surface area contributed by atoms with E-state index < -0.39 is 0 Å². The minimum atomic E-state index is -0.0248.